The van der Waals surface area contributed by atoms with Crippen molar-refractivity contribution in [3.63, 3.8) is 0 Å². The number of amides is 1. The SMILES string of the molecule is Cc1ccc(COc2ccc(/C=N\NC(=O)c3cccc4ccccc34)cc2)cc1. The van der Waals surface area contributed by atoms with Crippen LogP contribution in [0.15, 0.2) is 96.1 Å². The molecule has 0 fully saturated rings. The molecule has 4 nitrogen and oxygen atoms in total. The third-order valence-corrected chi connectivity index (χ3v) is 4.82. The van der Waals surface area contributed by atoms with Gasteiger partial charge in [0, 0.05) is 5.56 Å². The molecule has 0 heterocycles. The van der Waals surface area contributed by atoms with Crippen LogP contribution in [0.2, 0.25) is 0 Å². The zero-order valence-electron chi connectivity index (χ0n) is 16.7. The minimum atomic E-state index is -0.235. The molecule has 0 aliphatic rings. The minimum absolute atomic E-state index is 0.235. The number of hydrogen-bond donors (Lipinski definition) is 1. The summed E-state index contributed by atoms with van der Waals surface area (Å²) < 4.78 is 5.81. The van der Waals surface area contributed by atoms with Crippen LogP contribution in [0.3, 0.4) is 0 Å². The summed E-state index contributed by atoms with van der Waals surface area (Å²) in [5.74, 6) is 0.550. The van der Waals surface area contributed by atoms with Crippen molar-refractivity contribution in [1.82, 2.24) is 5.43 Å². The normalized spacial score (nSPS) is 11.0. The number of nitrogens with zero attached hydrogens (tertiary/aromatic N) is 1. The van der Waals surface area contributed by atoms with Gasteiger partial charge in [0.1, 0.15) is 12.4 Å². The van der Waals surface area contributed by atoms with Gasteiger partial charge in [0.15, 0.2) is 0 Å². The first-order valence-electron chi connectivity index (χ1n) is 9.79. The lowest BCUT2D eigenvalue weighted by Gasteiger charge is -2.07. The first kappa shape index (κ1) is 19.4. The summed E-state index contributed by atoms with van der Waals surface area (Å²) in [7, 11) is 0. The molecule has 1 N–H and O–H groups in total. The first-order chi connectivity index (χ1) is 14.7. The second-order valence-electron chi connectivity index (χ2n) is 7.07. The van der Waals surface area contributed by atoms with Gasteiger partial charge in [-0.1, -0.05) is 66.2 Å². The summed E-state index contributed by atoms with van der Waals surface area (Å²) in [4.78, 5) is 12.5. The van der Waals surface area contributed by atoms with E-state index in [1.54, 1.807) is 12.3 Å². The fraction of sp³-hybridized carbons (Fsp3) is 0.0769. The summed E-state index contributed by atoms with van der Waals surface area (Å²) in [5.41, 5.74) is 6.44. The van der Waals surface area contributed by atoms with E-state index in [-0.39, 0.29) is 5.91 Å². The molecule has 0 saturated heterocycles. The third kappa shape index (κ3) is 4.73. The van der Waals surface area contributed by atoms with E-state index in [9.17, 15) is 4.79 Å². The van der Waals surface area contributed by atoms with Crippen LogP contribution in [0.25, 0.3) is 10.8 Å². The standard InChI is InChI=1S/C26H22N2O2/c1-19-9-11-21(12-10-19)18-30-23-15-13-20(14-16-23)17-27-28-26(29)25-8-4-6-22-5-2-3-7-24(22)25/h2-17H,18H2,1H3,(H,28,29)/b27-17-. The van der Waals surface area contributed by atoms with Crippen LogP contribution in [0.5, 0.6) is 5.75 Å². The molecule has 4 aromatic rings. The maximum atomic E-state index is 12.5. The average Bonchev–Trinajstić information content (AvgIpc) is 2.79. The lowest BCUT2D eigenvalue weighted by molar-refractivity contribution is 0.0957. The highest BCUT2D eigenvalue weighted by Crippen LogP contribution is 2.18. The van der Waals surface area contributed by atoms with E-state index < -0.39 is 0 Å². The molecule has 0 saturated carbocycles. The number of carbonyl (C=O) groups excluding carboxylic acids is 1. The Hall–Kier alpha value is -3.92. The van der Waals surface area contributed by atoms with Crippen molar-refractivity contribution >= 4 is 22.9 Å². The zero-order valence-corrected chi connectivity index (χ0v) is 16.7. The summed E-state index contributed by atoms with van der Waals surface area (Å²) >= 11 is 0. The van der Waals surface area contributed by atoms with Gasteiger partial charge in [-0.15, -0.1) is 0 Å². The smallest absolute Gasteiger partial charge is 0.271 e. The molecule has 0 aliphatic carbocycles. The molecule has 0 spiro atoms. The highest BCUT2D eigenvalue weighted by Gasteiger charge is 2.08. The molecule has 0 aliphatic heterocycles. The van der Waals surface area contributed by atoms with E-state index in [4.69, 9.17) is 4.74 Å². The number of hydrazone groups is 1. The number of ether oxygens (including phenoxy) is 1. The molecular weight excluding hydrogens is 372 g/mol. The summed E-state index contributed by atoms with van der Waals surface area (Å²) in [6.07, 6.45) is 1.62. The Morgan fingerprint density at radius 1 is 0.900 bits per heavy atom. The topological polar surface area (TPSA) is 50.7 Å². The van der Waals surface area contributed by atoms with Gasteiger partial charge < -0.3 is 4.74 Å². The Labute approximate surface area is 175 Å². The van der Waals surface area contributed by atoms with Crippen molar-refractivity contribution in [3.05, 3.63) is 113 Å². The number of rotatable bonds is 6. The molecule has 1 amide bonds. The van der Waals surface area contributed by atoms with E-state index in [0.29, 0.717) is 12.2 Å². The summed E-state index contributed by atoms with van der Waals surface area (Å²) in [6, 6.07) is 29.3. The molecule has 0 aromatic heterocycles. The Morgan fingerprint density at radius 3 is 2.43 bits per heavy atom. The highest BCUT2D eigenvalue weighted by atomic mass is 16.5. The van der Waals surface area contributed by atoms with E-state index in [2.05, 4.69) is 41.7 Å². The lowest BCUT2D eigenvalue weighted by atomic mass is 10.0. The van der Waals surface area contributed by atoms with Gasteiger partial charge in [-0.05, 0) is 59.2 Å². The van der Waals surface area contributed by atoms with E-state index in [0.717, 1.165) is 27.6 Å². The fourth-order valence-corrected chi connectivity index (χ4v) is 3.15. The molecule has 4 rings (SSSR count). The molecule has 0 atom stereocenters. The van der Waals surface area contributed by atoms with E-state index >= 15 is 0 Å². The van der Waals surface area contributed by atoms with Gasteiger partial charge in [-0.2, -0.15) is 5.10 Å². The second kappa shape index (κ2) is 9.05. The van der Waals surface area contributed by atoms with Crippen molar-refractivity contribution in [2.75, 3.05) is 0 Å². The monoisotopic (exact) mass is 394 g/mol. The van der Waals surface area contributed by atoms with Crippen LogP contribution in [0, 0.1) is 6.92 Å². The Kier molecular flexibility index (Phi) is 5.85. The fourth-order valence-electron chi connectivity index (χ4n) is 3.15. The molecule has 4 heteroatoms. The molecule has 4 aromatic carbocycles. The molecule has 0 unspecified atom stereocenters. The molecule has 0 bridgehead atoms. The number of fused-ring (bicyclic) bond motifs is 1. The van der Waals surface area contributed by atoms with E-state index in [1.165, 1.54) is 5.56 Å². The van der Waals surface area contributed by atoms with Gasteiger partial charge in [-0.3, -0.25) is 4.79 Å². The van der Waals surface area contributed by atoms with Crippen LogP contribution < -0.4 is 10.2 Å². The minimum Gasteiger partial charge on any atom is -0.489 e. The third-order valence-electron chi connectivity index (χ3n) is 4.82. The first-order valence-corrected chi connectivity index (χ1v) is 9.79. The largest absolute Gasteiger partial charge is 0.489 e. The summed E-state index contributed by atoms with van der Waals surface area (Å²) in [6.45, 7) is 2.59. The number of hydrogen-bond acceptors (Lipinski definition) is 3. The predicted molar refractivity (Wildman–Crippen MR) is 121 cm³/mol. The van der Waals surface area contributed by atoms with Crippen LogP contribution in [-0.2, 0) is 6.61 Å². The van der Waals surface area contributed by atoms with Crippen molar-refractivity contribution in [2.24, 2.45) is 5.10 Å². The van der Waals surface area contributed by atoms with Crippen LogP contribution in [0.1, 0.15) is 27.0 Å². The van der Waals surface area contributed by atoms with Gasteiger partial charge in [0.2, 0.25) is 0 Å². The maximum Gasteiger partial charge on any atom is 0.271 e. The van der Waals surface area contributed by atoms with Crippen LogP contribution in [0.4, 0.5) is 0 Å². The lowest BCUT2D eigenvalue weighted by Crippen LogP contribution is -2.17. The maximum absolute atomic E-state index is 12.5. The molecular formula is C26H22N2O2. The van der Waals surface area contributed by atoms with Gasteiger partial charge in [0.25, 0.3) is 5.91 Å². The zero-order chi connectivity index (χ0) is 20.8. The van der Waals surface area contributed by atoms with Crippen molar-refractivity contribution < 1.29 is 9.53 Å². The van der Waals surface area contributed by atoms with Crippen molar-refractivity contribution in [1.29, 1.82) is 0 Å². The van der Waals surface area contributed by atoms with Crippen LogP contribution in [-0.4, -0.2) is 12.1 Å². The highest BCUT2D eigenvalue weighted by molar-refractivity contribution is 6.07. The average molecular weight is 394 g/mol. The van der Waals surface area contributed by atoms with Gasteiger partial charge in [-0.25, -0.2) is 5.43 Å². The second-order valence-corrected chi connectivity index (χ2v) is 7.07. The Balaban J connectivity index is 1.35. The summed E-state index contributed by atoms with van der Waals surface area (Å²) in [5, 5.41) is 6.02. The quantitative estimate of drug-likeness (QED) is 0.347. The number of carbonyl (C=O) groups is 1. The van der Waals surface area contributed by atoms with Crippen LogP contribution >= 0.6 is 0 Å². The molecule has 0 radical (unpaired) electrons. The predicted octanol–water partition coefficient (Wildman–Crippen LogP) is 5.49. The van der Waals surface area contributed by atoms with Gasteiger partial charge in [0.05, 0.1) is 6.21 Å². The number of nitrogens with one attached hydrogen (secondary N) is 1. The Bertz CT molecular complexity index is 1170. The van der Waals surface area contributed by atoms with Crippen molar-refractivity contribution in [2.45, 2.75) is 13.5 Å². The van der Waals surface area contributed by atoms with Crippen molar-refractivity contribution in [3.8, 4) is 5.75 Å². The molecule has 148 valence electrons. The van der Waals surface area contributed by atoms with E-state index in [1.807, 2.05) is 60.7 Å². The number of aryl methyl sites for hydroxylation is 1. The van der Waals surface area contributed by atoms with Gasteiger partial charge >= 0.3 is 0 Å². The number of benzene rings is 4. The Morgan fingerprint density at radius 2 is 1.63 bits per heavy atom. The molecule has 30 heavy (non-hydrogen) atoms.